The second-order valence-electron chi connectivity index (χ2n) is 6.92. The molecule has 1 amide bonds. The Balaban J connectivity index is 2.10. The Bertz CT molecular complexity index is 623. The summed E-state index contributed by atoms with van der Waals surface area (Å²) in [5.74, 6) is -3.05. The van der Waals surface area contributed by atoms with Crippen molar-refractivity contribution in [1.82, 2.24) is 4.90 Å². The third-order valence-electron chi connectivity index (χ3n) is 3.86. The van der Waals surface area contributed by atoms with Gasteiger partial charge in [-0.2, -0.15) is 8.78 Å². The van der Waals surface area contributed by atoms with E-state index >= 15 is 0 Å². The lowest BCUT2D eigenvalue weighted by atomic mass is 9.88. The van der Waals surface area contributed by atoms with E-state index < -0.39 is 29.9 Å². The van der Waals surface area contributed by atoms with Crippen molar-refractivity contribution in [2.75, 3.05) is 13.1 Å². The van der Waals surface area contributed by atoms with Gasteiger partial charge in [-0.05, 0) is 45.6 Å². The molecular formula is C17H21F4NO3. The number of carbonyl (C=O) groups is 1. The van der Waals surface area contributed by atoms with Crippen molar-refractivity contribution in [3.63, 3.8) is 0 Å². The molecule has 140 valence electrons. The Morgan fingerprint density at radius 3 is 2.24 bits per heavy atom. The van der Waals surface area contributed by atoms with Gasteiger partial charge in [0, 0.05) is 24.7 Å². The number of rotatable bonds is 3. The number of piperidine rings is 1. The van der Waals surface area contributed by atoms with Gasteiger partial charge in [-0.25, -0.2) is 13.6 Å². The van der Waals surface area contributed by atoms with E-state index in [4.69, 9.17) is 4.74 Å². The van der Waals surface area contributed by atoms with E-state index in [9.17, 15) is 22.4 Å². The lowest BCUT2D eigenvalue weighted by Crippen LogP contribution is -2.41. The maximum Gasteiger partial charge on any atom is 0.410 e. The van der Waals surface area contributed by atoms with Crippen LogP contribution in [0.3, 0.4) is 0 Å². The van der Waals surface area contributed by atoms with E-state index in [0.717, 1.165) is 6.07 Å². The predicted octanol–water partition coefficient (Wildman–Crippen LogP) is 4.68. The van der Waals surface area contributed by atoms with Gasteiger partial charge < -0.3 is 14.4 Å². The molecule has 1 aliphatic rings. The Hall–Kier alpha value is -1.99. The SMILES string of the molecule is CC(C)(C)OC(=O)N1CCC(c2cc(F)c(F)cc2OC(F)F)CC1. The Kier molecular flexibility index (Phi) is 5.80. The molecule has 0 saturated carbocycles. The number of amides is 1. The topological polar surface area (TPSA) is 38.8 Å². The maximum atomic E-state index is 13.5. The van der Waals surface area contributed by atoms with Crippen LogP contribution in [0.25, 0.3) is 0 Å². The summed E-state index contributed by atoms with van der Waals surface area (Å²) in [5.41, 5.74) is -0.435. The van der Waals surface area contributed by atoms with Gasteiger partial charge in [0.1, 0.15) is 11.4 Å². The molecule has 0 atom stereocenters. The Morgan fingerprint density at radius 2 is 1.72 bits per heavy atom. The summed E-state index contributed by atoms with van der Waals surface area (Å²) in [5, 5.41) is 0. The zero-order chi connectivity index (χ0) is 18.8. The smallest absolute Gasteiger partial charge is 0.410 e. The third-order valence-corrected chi connectivity index (χ3v) is 3.86. The molecule has 0 spiro atoms. The van der Waals surface area contributed by atoms with E-state index in [0.29, 0.717) is 32.0 Å². The highest BCUT2D eigenvalue weighted by Gasteiger charge is 2.30. The third kappa shape index (κ3) is 5.24. The van der Waals surface area contributed by atoms with E-state index in [2.05, 4.69) is 4.74 Å². The minimum absolute atomic E-state index is 0.183. The monoisotopic (exact) mass is 363 g/mol. The molecule has 1 aromatic carbocycles. The van der Waals surface area contributed by atoms with Gasteiger partial charge in [0.05, 0.1) is 0 Å². The fraction of sp³-hybridized carbons (Fsp3) is 0.588. The number of hydrogen-bond acceptors (Lipinski definition) is 3. The second kappa shape index (κ2) is 7.49. The van der Waals surface area contributed by atoms with Crippen LogP contribution in [0.1, 0.15) is 45.1 Å². The number of likely N-dealkylation sites (tertiary alicyclic amines) is 1. The quantitative estimate of drug-likeness (QED) is 0.732. The number of halogens is 4. The standard InChI is InChI=1S/C17H21F4NO3/c1-17(2,3)25-16(23)22-6-4-10(5-7-22)11-8-12(18)13(19)9-14(11)24-15(20)21/h8-10,15H,4-7H2,1-3H3. The van der Waals surface area contributed by atoms with Gasteiger partial charge in [0.25, 0.3) is 0 Å². The number of ether oxygens (including phenoxy) is 2. The lowest BCUT2D eigenvalue weighted by molar-refractivity contribution is -0.0510. The van der Waals surface area contributed by atoms with Crippen LogP contribution in [-0.2, 0) is 4.74 Å². The molecule has 1 aromatic rings. The molecule has 1 heterocycles. The molecule has 8 heteroatoms. The van der Waals surface area contributed by atoms with Crippen LogP contribution in [0.5, 0.6) is 5.75 Å². The number of benzene rings is 1. The molecule has 4 nitrogen and oxygen atoms in total. The van der Waals surface area contributed by atoms with E-state index in [1.54, 1.807) is 20.8 Å². The summed E-state index contributed by atoms with van der Waals surface area (Å²) in [6.07, 6.45) is 0.355. The highest BCUT2D eigenvalue weighted by atomic mass is 19.3. The fourth-order valence-electron chi connectivity index (χ4n) is 2.76. The van der Waals surface area contributed by atoms with Crippen LogP contribution in [0.4, 0.5) is 22.4 Å². The molecule has 25 heavy (non-hydrogen) atoms. The summed E-state index contributed by atoms with van der Waals surface area (Å²) in [6.45, 7) is 2.79. The number of hydrogen-bond donors (Lipinski definition) is 0. The number of carbonyl (C=O) groups excluding carboxylic acids is 1. The Morgan fingerprint density at radius 1 is 1.16 bits per heavy atom. The van der Waals surface area contributed by atoms with Gasteiger partial charge in [-0.1, -0.05) is 0 Å². The second-order valence-corrected chi connectivity index (χ2v) is 6.92. The van der Waals surface area contributed by atoms with Crippen molar-refractivity contribution in [2.45, 2.75) is 51.7 Å². The molecule has 0 unspecified atom stereocenters. The van der Waals surface area contributed by atoms with Crippen LogP contribution >= 0.6 is 0 Å². The average molecular weight is 363 g/mol. The Labute approximate surface area is 143 Å². The highest BCUT2D eigenvalue weighted by Crippen LogP contribution is 2.36. The first-order valence-electron chi connectivity index (χ1n) is 7.98. The fourth-order valence-corrected chi connectivity index (χ4v) is 2.76. The molecule has 1 fully saturated rings. The molecule has 2 rings (SSSR count). The van der Waals surface area contributed by atoms with Gasteiger partial charge in [0.2, 0.25) is 0 Å². The minimum atomic E-state index is -3.13. The van der Waals surface area contributed by atoms with Crippen LogP contribution in [0.15, 0.2) is 12.1 Å². The molecule has 0 aromatic heterocycles. The minimum Gasteiger partial charge on any atom is -0.444 e. The zero-order valence-electron chi connectivity index (χ0n) is 14.3. The van der Waals surface area contributed by atoms with Crippen LogP contribution in [-0.4, -0.2) is 36.3 Å². The highest BCUT2D eigenvalue weighted by molar-refractivity contribution is 5.68. The maximum absolute atomic E-state index is 13.5. The molecule has 0 bridgehead atoms. The first kappa shape index (κ1) is 19.3. The first-order valence-corrected chi connectivity index (χ1v) is 7.98. The first-order chi connectivity index (χ1) is 11.6. The van der Waals surface area contributed by atoms with Gasteiger partial charge >= 0.3 is 12.7 Å². The van der Waals surface area contributed by atoms with E-state index in [1.807, 2.05) is 0 Å². The van der Waals surface area contributed by atoms with Crippen molar-refractivity contribution in [2.24, 2.45) is 0 Å². The summed E-state index contributed by atoms with van der Waals surface area (Å²) in [6, 6.07) is 1.53. The molecule has 0 aliphatic carbocycles. The van der Waals surface area contributed by atoms with Crippen LogP contribution < -0.4 is 4.74 Å². The normalized spacial score (nSPS) is 16.2. The number of alkyl halides is 2. The molecule has 0 radical (unpaired) electrons. The van der Waals surface area contributed by atoms with Crippen molar-refractivity contribution >= 4 is 6.09 Å². The van der Waals surface area contributed by atoms with E-state index in [-0.39, 0.29) is 17.2 Å². The molecule has 1 aliphatic heterocycles. The molecular weight excluding hydrogens is 342 g/mol. The summed E-state index contributed by atoms with van der Waals surface area (Å²) >= 11 is 0. The van der Waals surface area contributed by atoms with Crippen molar-refractivity contribution < 1.29 is 31.8 Å². The van der Waals surface area contributed by atoms with Crippen molar-refractivity contribution in [1.29, 1.82) is 0 Å². The largest absolute Gasteiger partial charge is 0.444 e. The van der Waals surface area contributed by atoms with Gasteiger partial charge in [-0.3, -0.25) is 0 Å². The van der Waals surface area contributed by atoms with Crippen molar-refractivity contribution in [3.8, 4) is 5.75 Å². The summed E-state index contributed by atoms with van der Waals surface area (Å²) in [4.78, 5) is 13.5. The van der Waals surface area contributed by atoms with E-state index in [1.165, 1.54) is 4.90 Å². The number of nitrogens with zero attached hydrogens (tertiary/aromatic N) is 1. The zero-order valence-corrected chi connectivity index (χ0v) is 14.3. The van der Waals surface area contributed by atoms with Crippen molar-refractivity contribution in [3.05, 3.63) is 29.3 Å². The lowest BCUT2D eigenvalue weighted by Gasteiger charge is -2.34. The average Bonchev–Trinajstić information content (AvgIpc) is 2.48. The predicted molar refractivity (Wildman–Crippen MR) is 82.8 cm³/mol. The van der Waals surface area contributed by atoms with Gasteiger partial charge in [0.15, 0.2) is 11.6 Å². The molecule has 0 N–H and O–H groups in total. The summed E-state index contributed by atoms with van der Waals surface area (Å²) in [7, 11) is 0. The summed E-state index contributed by atoms with van der Waals surface area (Å²) < 4.78 is 61.5. The molecule has 1 saturated heterocycles. The van der Waals surface area contributed by atoms with Crippen LogP contribution in [0.2, 0.25) is 0 Å². The van der Waals surface area contributed by atoms with Crippen LogP contribution in [0, 0.1) is 11.6 Å². The van der Waals surface area contributed by atoms with Gasteiger partial charge in [-0.15, -0.1) is 0 Å².